The van der Waals surface area contributed by atoms with Gasteiger partial charge in [0, 0.05) is 79.0 Å². The molecule has 0 radical (unpaired) electrons. The molecule has 0 bridgehead atoms. The van der Waals surface area contributed by atoms with E-state index in [1.165, 1.54) is 49.7 Å². The molecule has 0 amide bonds. The third-order valence-electron chi connectivity index (χ3n) is 17.9. The molecule has 5 nitrogen and oxygen atoms in total. The number of hydrogen-bond acceptors (Lipinski definition) is 4. The Bertz CT molecular complexity index is 5200. The summed E-state index contributed by atoms with van der Waals surface area (Å²) in [6.07, 6.45) is 0. The van der Waals surface area contributed by atoms with E-state index in [2.05, 4.69) is 300 Å². The number of nitrogens with zero attached hydrogens (tertiary/aromatic N) is 3. The normalized spacial score (nSPS) is 12.6. The second kappa shape index (κ2) is 19.2. The minimum Gasteiger partial charge on any atom is -0.456 e. The van der Waals surface area contributed by atoms with Crippen LogP contribution in [-0.2, 0) is 12.5 Å². The third-order valence-corrected chi connectivity index (χ3v) is 17.9. The molecule has 3 heterocycles. The van der Waals surface area contributed by atoms with E-state index in [-0.39, 0.29) is 0 Å². The summed E-state index contributed by atoms with van der Waals surface area (Å²) < 4.78 is 15.0. The van der Waals surface area contributed by atoms with Crippen molar-refractivity contribution < 1.29 is 8.83 Å². The van der Waals surface area contributed by atoms with Gasteiger partial charge >= 0.3 is 0 Å². The van der Waals surface area contributed by atoms with Crippen LogP contribution >= 0.6 is 0 Å². The van der Waals surface area contributed by atoms with Crippen molar-refractivity contribution in [1.82, 2.24) is 4.57 Å². The largest absolute Gasteiger partial charge is 0.456 e. The van der Waals surface area contributed by atoms with Crippen molar-refractivity contribution in [3.8, 4) is 33.4 Å². The first-order valence-electron chi connectivity index (χ1n) is 29.1. The van der Waals surface area contributed by atoms with Gasteiger partial charge in [-0.2, -0.15) is 0 Å². The number of para-hydroxylation sites is 4. The number of aromatic nitrogens is 1. The predicted molar refractivity (Wildman–Crippen MR) is 353 cm³/mol. The number of rotatable bonds is 10. The summed E-state index contributed by atoms with van der Waals surface area (Å²) in [5.41, 5.74) is 23.6. The van der Waals surface area contributed by atoms with Crippen molar-refractivity contribution in [2.24, 2.45) is 7.05 Å². The predicted octanol–water partition coefficient (Wildman–Crippen LogP) is 21.8. The van der Waals surface area contributed by atoms with Crippen molar-refractivity contribution in [2.45, 2.75) is 5.41 Å². The van der Waals surface area contributed by atoms with Crippen molar-refractivity contribution in [3.63, 3.8) is 0 Å². The molecular weight excluding hydrogens is 1030 g/mol. The Morgan fingerprint density at radius 2 is 0.659 bits per heavy atom. The zero-order valence-electron chi connectivity index (χ0n) is 46.5. The van der Waals surface area contributed by atoms with E-state index in [0.717, 1.165) is 106 Å². The Balaban J connectivity index is 0.793. The maximum Gasteiger partial charge on any atom is 0.136 e. The average Bonchev–Trinajstić information content (AvgIpc) is 1.60. The number of anilines is 6. The first kappa shape index (κ1) is 48.6. The van der Waals surface area contributed by atoms with Crippen LogP contribution in [0.2, 0.25) is 0 Å². The average molecular weight is 1090 g/mol. The van der Waals surface area contributed by atoms with Crippen LogP contribution in [0.15, 0.2) is 312 Å². The van der Waals surface area contributed by atoms with E-state index in [1.807, 2.05) is 24.3 Å². The molecule has 0 fully saturated rings. The standard InChI is InChI=1S/C80H53N3O2/c1-81-74-49-63(83(59-24-12-5-13-25-59)61-38-32-53(33-39-61)55-35-43-69-67-27-15-17-29-77(67)85-79(69)47-55)41-45-65(74)71-50-73-70(51-75(71)81)64-44-40-62(48-72(64)80(73,56-18-6-2-7-19-56)57-20-8-3-9-21-57)82(58-22-10-4-11-23-58)60-36-30-52(31-37-60)54-34-42-68-66-26-14-16-28-76(66)84-78(68)46-54/h2-51H,1H3. The minimum atomic E-state index is -0.658. The van der Waals surface area contributed by atoms with Gasteiger partial charge in [-0.25, -0.2) is 0 Å². The fourth-order valence-electron chi connectivity index (χ4n) is 13.9. The molecule has 0 unspecified atom stereocenters. The van der Waals surface area contributed by atoms with E-state index >= 15 is 0 Å². The van der Waals surface area contributed by atoms with Gasteiger partial charge in [0.05, 0.1) is 10.9 Å². The smallest absolute Gasteiger partial charge is 0.136 e. The Labute approximate surface area is 491 Å². The molecule has 0 saturated carbocycles. The van der Waals surface area contributed by atoms with Crippen LogP contribution in [0.4, 0.5) is 34.1 Å². The molecule has 1 aliphatic carbocycles. The van der Waals surface area contributed by atoms with E-state index < -0.39 is 5.41 Å². The summed E-state index contributed by atoms with van der Waals surface area (Å²) in [7, 11) is 2.22. The van der Waals surface area contributed by atoms with Gasteiger partial charge in [0.1, 0.15) is 22.3 Å². The second-order valence-corrected chi connectivity index (χ2v) is 22.4. The highest BCUT2D eigenvalue weighted by Gasteiger charge is 2.47. The van der Waals surface area contributed by atoms with Gasteiger partial charge < -0.3 is 23.2 Å². The Kier molecular flexibility index (Phi) is 11.0. The zero-order chi connectivity index (χ0) is 56.2. The fraction of sp³-hybridized carbons (Fsp3) is 0.0250. The monoisotopic (exact) mass is 1090 g/mol. The van der Waals surface area contributed by atoms with Crippen molar-refractivity contribution in [2.75, 3.05) is 9.80 Å². The highest BCUT2D eigenvalue weighted by molar-refractivity contribution is 6.12. The lowest BCUT2D eigenvalue weighted by atomic mass is 9.67. The van der Waals surface area contributed by atoms with Crippen molar-refractivity contribution >= 4 is 99.8 Å². The molecule has 17 rings (SSSR count). The molecule has 3 aromatic heterocycles. The molecule has 5 heteroatoms. The molecule has 0 spiro atoms. The van der Waals surface area contributed by atoms with Crippen LogP contribution < -0.4 is 9.80 Å². The second-order valence-electron chi connectivity index (χ2n) is 22.4. The maximum absolute atomic E-state index is 6.33. The molecule has 0 atom stereocenters. The Hall–Kier alpha value is -11.1. The van der Waals surface area contributed by atoms with Gasteiger partial charge in [0.15, 0.2) is 0 Å². The molecule has 85 heavy (non-hydrogen) atoms. The van der Waals surface area contributed by atoms with Crippen LogP contribution in [0.25, 0.3) is 99.1 Å². The molecule has 400 valence electrons. The lowest BCUT2D eigenvalue weighted by Gasteiger charge is -2.35. The minimum absolute atomic E-state index is 0.658. The summed E-state index contributed by atoms with van der Waals surface area (Å²) in [5, 5.41) is 6.95. The first-order chi connectivity index (χ1) is 42.0. The lowest BCUT2D eigenvalue weighted by Crippen LogP contribution is -2.28. The maximum atomic E-state index is 6.33. The summed E-state index contributed by atoms with van der Waals surface area (Å²) in [4.78, 5) is 4.76. The fourth-order valence-corrected chi connectivity index (χ4v) is 13.9. The summed E-state index contributed by atoms with van der Waals surface area (Å²) in [5.74, 6) is 0. The van der Waals surface area contributed by atoms with E-state index in [0.29, 0.717) is 0 Å². The van der Waals surface area contributed by atoms with E-state index in [4.69, 9.17) is 8.83 Å². The molecular formula is C80H53N3O2. The first-order valence-corrected chi connectivity index (χ1v) is 29.1. The van der Waals surface area contributed by atoms with Gasteiger partial charge in [-0.15, -0.1) is 0 Å². The van der Waals surface area contributed by atoms with Gasteiger partial charge in [-0.05, 0) is 177 Å². The molecule has 1 aliphatic rings. The van der Waals surface area contributed by atoms with Crippen molar-refractivity contribution in [3.05, 3.63) is 326 Å². The van der Waals surface area contributed by atoms with Crippen LogP contribution in [0.3, 0.4) is 0 Å². The van der Waals surface area contributed by atoms with Gasteiger partial charge in [-0.1, -0.05) is 182 Å². The molecule has 16 aromatic rings. The topological polar surface area (TPSA) is 37.7 Å². The third kappa shape index (κ3) is 7.64. The SMILES string of the molecule is Cn1c2cc(N(c3ccccc3)c3ccc(-c4ccc5c(c4)oc4ccccc45)cc3)ccc2c2cc3c(cc21)-c1ccc(N(c2ccccc2)c2ccc(-c4ccc5c(c4)oc4ccccc45)cc2)cc1C3(c1ccccc1)c1ccccc1. The highest BCUT2D eigenvalue weighted by atomic mass is 16.3. The number of benzene rings is 13. The van der Waals surface area contributed by atoms with Gasteiger partial charge in [0.2, 0.25) is 0 Å². The molecule has 13 aromatic carbocycles. The number of furan rings is 2. The van der Waals surface area contributed by atoms with E-state index in [1.54, 1.807) is 0 Å². The van der Waals surface area contributed by atoms with Crippen LogP contribution in [0.5, 0.6) is 0 Å². The summed E-state index contributed by atoms with van der Waals surface area (Å²) >= 11 is 0. The Morgan fingerprint density at radius 1 is 0.271 bits per heavy atom. The van der Waals surface area contributed by atoms with Crippen LogP contribution in [-0.4, -0.2) is 4.57 Å². The molecule has 0 saturated heterocycles. The number of fused-ring (bicyclic) bond motifs is 12. The molecule has 0 N–H and O–H groups in total. The van der Waals surface area contributed by atoms with Crippen LogP contribution in [0.1, 0.15) is 22.3 Å². The Morgan fingerprint density at radius 3 is 1.19 bits per heavy atom. The van der Waals surface area contributed by atoms with Crippen molar-refractivity contribution in [1.29, 1.82) is 0 Å². The lowest BCUT2D eigenvalue weighted by molar-refractivity contribution is 0.668. The highest BCUT2D eigenvalue weighted by Crippen LogP contribution is 2.59. The van der Waals surface area contributed by atoms with Gasteiger partial charge in [0.25, 0.3) is 0 Å². The zero-order valence-corrected chi connectivity index (χ0v) is 46.5. The summed E-state index contributed by atoms with van der Waals surface area (Å²) in [6, 6.07) is 110. The number of aryl methyl sites for hydroxylation is 1. The van der Waals surface area contributed by atoms with Crippen LogP contribution in [0, 0.1) is 0 Å². The number of hydrogen-bond donors (Lipinski definition) is 0. The molecule has 0 aliphatic heterocycles. The van der Waals surface area contributed by atoms with E-state index in [9.17, 15) is 0 Å². The summed E-state index contributed by atoms with van der Waals surface area (Å²) in [6.45, 7) is 0. The quantitative estimate of drug-likeness (QED) is 0.137. The van der Waals surface area contributed by atoms with Gasteiger partial charge in [-0.3, -0.25) is 0 Å².